The summed E-state index contributed by atoms with van der Waals surface area (Å²) in [5.41, 5.74) is 6.92. The number of hydrogen-bond acceptors (Lipinski definition) is 7. The van der Waals surface area contributed by atoms with Crippen molar-refractivity contribution in [3.05, 3.63) is 12.7 Å². The number of nitrogens with two attached hydrogens (primary N) is 1. The maximum atomic E-state index is 10.4. The van der Waals surface area contributed by atoms with E-state index in [0.29, 0.717) is 17.0 Å². The van der Waals surface area contributed by atoms with Crippen LogP contribution in [-0.4, -0.2) is 63.5 Å². The molecule has 3 rings (SSSR count). The van der Waals surface area contributed by atoms with Crippen LogP contribution < -0.4 is 5.73 Å². The van der Waals surface area contributed by atoms with Gasteiger partial charge in [-0.05, 0) is 0 Å². The van der Waals surface area contributed by atoms with Gasteiger partial charge in [0.25, 0.3) is 0 Å². The Labute approximate surface area is 133 Å². The van der Waals surface area contributed by atoms with Crippen molar-refractivity contribution in [3.8, 4) is 0 Å². The predicted octanol–water partition coefficient (Wildman–Crippen LogP) is -0.0199. The summed E-state index contributed by atoms with van der Waals surface area (Å²) in [6, 6.07) is 0. The first kappa shape index (κ1) is 15.6. The van der Waals surface area contributed by atoms with E-state index >= 15 is 0 Å². The van der Waals surface area contributed by atoms with Gasteiger partial charge in [-0.15, -0.1) is 0 Å². The number of nitrogen functional groups attached to an aromatic ring is 1. The van der Waals surface area contributed by atoms with Gasteiger partial charge in [0.2, 0.25) is 0 Å². The molecule has 1 unspecified atom stereocenters. The number of nitrogens with zero attached hydrogens (tertiary/aromatic N) is 4. The van der Waals surface area contributed by atoms with E-state index in [-0.39, 0.29) is 26.4 Å². The number of fused-ring (bicyclic) bond motifs is 1. The van der Waals surface area contributed by atoms with E-state index in [1.54, 1.807) is 10.9 Å². The third kappa shape index (κ3) is 2.59. The number of ether oxygens (including phenoxy) is 1. The van der Waals surface area contributed by atoms with Crippen molar-refractivity contribution in [1.29, 1.82) is 0 Å². The second-order valence-corrected chi connectivity index (χ2v) is 7.85. The third-order valence-electron chi connectivity index (χ3n) is 3.67. The topological polar surface area (TPSA) is 119 Å². The van der Waals surface area contributed by atoms with E-state index in [9.17, 15) is 10.2 Å². The van der Waals surface area contributed by atoms with Gasteiger partial charge in [-0.25, -0.2) is 0 Å². The molecule has 1 fully saturated rings. The van der Waals surface area contributed by atoms with Crippen molar-refractivity contribution in [2.45, 2.75) is 41.9 Å². The summed E-state index contributed by atoms with van der Waals surface area (Å²) in [4.78, 5) is 12.3. The maximum absolute atomic E-state index is 10.4. The second-order valence-electron chi connectivity index (χ2n) is 5.16. The molecule has 2 aromatic rings. The summed E-state index contributed by atoms with van der Waals surface area (Å²) in [6.45, 7) is 1.91. The van der Waals surface area contributed by atoms with Crippen molar-refractivity contribution in [2.24, 2.45) is 0 Å². The Kier molecular flexibility index (Phi) is 4.60. The summed E-state index contributed by atoms with van der Waals surface area (Å²) in [5, 5.41) is 20.9. The first-order valence-corrected chi connectivity index (χ1v) is 9.36. The van der Waals surface area contributed by atoms with Gasteiger partial charge in [-0.3, -0.25) is 0 Å². The molecule has 4 atom stereocenters. The zero-order chi connectivity index (χ0) is 15.7. The molecule has 0 saturated carbocycles. The molecule has 3 heterocycles. The Bertz CT molecular complexity index is 652. The van der Waals surface area contributed by atoms with E-state index < -0.39 is 18.4 Å². The molecule has 0 bridgehead atoms. The molecule has 2 aromatic heterocycles. The Morgan fingerprint density at radius 1 is 1.41 bits per heavy atom. The molecular formula is C13H19N5O3Se. The minimum atomic E-state index is -0.682. The molecule has 0 aliphatic carbocycles. The van der Waals surface area contributed by atoms with Crippen molar-refractivity contribution < 1.29 is 14.9 Å². The first-order valence-electron chi connectivity index (χ1n) is 7.16. The monoisotopic (exact) mass is 373 g/mol. The molecule has 1 aliphatic rings. The molecule has 1 aliphatic heterocycles. The molecule has 22 heavy (non-hydrogen) atoms. The Morgan fingerprint density at radius 3 is 2.95 bits per heavy atom. The molecule has 9 heteroatoms. The average Bonchev–Trinajstić information content (AvgIpc) is 3.07. The zero-order valence-electron chi connectivity index (χ0n) is 12.2. The van der Waals surface area contributed by atoms with Crippen molar-refractivity contribution >= 4 is 31.9 Å². The molecule has 0 spiro atoms. The van der Waals surface area contributed by atoms with Gasteiger partial charge in [0.15, 0.2) is 0 Å². The van der Waals surface area contributed by atoms with E-state index in [4.69, 9.17) is 10.5 Å². The number of hydrogen-bond donors (Lipinski definition) is 3. The van der Waals surface area contributed by atoms with Crippen LogP contribution in [0, 0.1) is 0 Å². The van der Waals surface area contributed by atoms with Gasteiger partial charge in [0.05, 0.1) is 0 Å². The molecule has 0 radical (unpaired) electrons. The van der Waals surface area contributed by atoms with E-state index in [0.717, 1.165) is 11.7 Å². The van der Waals surface area contributed by atoms with E-state index in [2.05, 4.69) is 21.9 Å². The van der Waals surface area contributed by atoms with Gasteiger partial charge < -0.3 is 0 Å². The molecule has 0 aromatic carbocycles. The predicted molar refractivity (Wildman–Crippen MR) is 81.3 cm³/mol. The Morgan fingerprint density at radius 2 is 2.23 bits per heavy atom. The van der Waals surface area contributed by atoms with E-state index in [1.807, 2.05) is 0 Å². The van der Waals surface area contributed by atoms with Gasteiger partial charge in [-0.2, -0.15) is 0 Å². The van der Waals surface area contributed by atoms with Gasteiger partial charge in [0, 0.05) is 0 Å². The van der Waals surface area contributed by atoms with Crippen LogP contribution in [-0.2, 0) is 4.74 Å². The SMILES string of the molecule is CCC[Se]C1[C@@H](O)[C@@H](CO)O[C@H]1n1cnc2c(N)ncnc21. The fraction of sp³-hybridized carbons (Fsp3) is 0.615. The summed E-state index contributed by atoms with van der Waals surface area (Å²) >= 11 is 0.192. The fourth-order valence-electron chi connectivity index (χ4n) is 2.58. The van der Waals surface area contributed by atoms with Crippen LogP contribution in [0.4, 0.5) is 5.82 Å². The first-order chi connectivity index (χ1) is 10.7. The number of anilines is 1. The number of aromatic nitrogens is 4. The van der Waals surface area contributed by atoms with Crippen molar-refractivity contribution in [2.75, 3.05) is 12.3 Å². The number of rotatable bonds is 5. The molecule has 1 saturated heterocycles. The zero-order valence-corrected chi connectivity index (χ0v) is 13.9. The van der Waals surface area contributed by atoms with Crippen molar-refractivity contribution in [1.82, 2.24) is 19.5 Å². The Hall–Kier alpha value is -1.25. The van der Waals surface area contributed by atoms with E-state index in [1.165, 1.54) is 6.33 Å². The molecule has 4 N–H and O–H groups in total. The summed E-state index contributed by atoms with van der Waals surface area (Å²) in [6.07, 6.45) is 2.40. The molecule has 8 nitrogen and oxygen atoms in total. The van der Waals surface area contributed by atoms with Crippen LogP contribution in [0.25, 0.3) is 11.2 Å². The average molecular weight is 372 g/mol. The fourth-order valence-corrected chi connectivity index (χ4v) is 5.19. The second kappa shape index (κ2) is 6.47. The minimum absolute atomic E-state index is 0.0572. The van der Waals surface area contributed by atoms with Crippen LogP contribution in [0.5, 0.6) is 0 Å². The quantitative estimate of drug-likeness (QED) is 0.631. The Balaban J connectivity index is 1.97. The van der Waals surface area contributed by atoms with Crippen LogP contribution in [0.2, 0.25) is 10.1 Å². The van der Waals surface area contributed by atoms with Gasteiger partial charge in [0.1, 0.15) is 0 Å². The number of imidazole rings is 1. The molecule has 0 amide bonds. The molecular weight excluding hydrogens is 353 g/mol. The summed E-state index contributed by atoms with van der Waals surface area (Å²) in [7, 11) is 0. The number of aliphatic hydroxyl groups excluding tert-OH is 2. The summed E-state index contributed by atoms with van der Waals surface area (Å²) in [5.74, 6) is 0.316. The standard InChI is InChI=1S/C13H19N5O3Se/c1-2-3-22-10-9(20)7(4-19)21-13(10)18-6-17-8-11(14)15-5-16-12(8)18/h5-7,9-10,13,19-20H,2-4H2,1H3,(H2,14,15,16)/t7-,9+,10?,13-/m1/s1. The third-order valence-corrected chi connectivity index (χ3v) is 6.90. The van der Waals surface area contributed by atoms with Gasteiger partial charge >= 0.3 is 133 Å². The van der Waals surface area contributed by atoms with Crippen molar-refractivity contribution in [3.63, 3.8) is 0 Å². The van der Waals surface area contributed by atoms with Crippen LogP contribution in [0.1, 0.15) is 19.6 Å². The van der Waals surface area contributed by atoms with Crippen LogP contribution in [0.15, 0.2) is 12.7 Å². The number of aliphatic hydroxyl groups is 2. The molecule has 120 valence electrons. The van der Waals surface area contributed by atoms with Gasteiger partial charge in [-0.1, -0.05) is 0 Å². The normalized spacial score (nSPS) is 28.5. The summed E-state index contributed by atoms with van der Waals surface area (Å²) < 4.78 is 7.65. The van der Waals surface area contributed by atoms with Crippen LogP contribution in [0.3, 0.4) is 0 Å². The van der Waals surface area contributed by atoms with Crippen LogP contribution >= 0.6 is 0 Å².